The summed E-state index contributed by atoms with van der Waals surface area (Å²) in [5.41, 5.74) is 1.98. The summed E-state index contributed by atoms with van der Waals surface area (Å²) in [6.07, 6.45) is -1.04. The van der Waals surface area contributed by atoms with Crippen LogP contribution in [-0.4, -0.2) is 17.1 Å². The second kappa shape index (κ2) is 9.15. The highest BCUT2D eigenvalue weighted by Gasteiger charge is 2.30. The molecule has 0 unspecified atom stereocenters. The zero-order valence-electron chi connectivity index (χ0n) is 16.5. The van der Waals surface area contributed by atoms with Crippen molar-refractivity contribution >= 4 is 34.8 Å². The van der Waals surface area contributed by atoms with E-state index < -0.39 is 11.7 Å². The third-order valence-corrected chi connectivity index (χ3v) is 5.31. The lowest BCUT2D eigenvalue weighted by atomic mass is 9.98. The molecule has 4 aromatic rings. The van der Waals surface area contributed by atoms with Gasteiger partial charge in [-0.25, -0.2) is 4.98 Å². The van der Waals surface area contributed by atoms with Crippen LogP contribution in [0.25, 0.3) is 11.1 Å². The topological polar surface area (TPSA) is 54.4 Å². The Balaban J connectivity index is 1.51. The summed E-state index contributed by atoms with van der Waals surface area (Å²) in [6.45, 7) is 0. The Morgan fingerprint density at radius 3 is 2.34 bits per heavy atom. The lowest BCUT2D eigenvalue weighted by molar-refractivity contribution is -0.137. The molecular formula is C24H16F3N3OS. The van der Waals surface area contributed by atoms with Gasteiger partial charge >= 0.3 is 6.18 Å². The lowest BCUT2D eigenvalue weighted by Gasteiger charge is -2.12. The molecule has 1 heterocycles. The fourth-order valence-corrected chi connectivity index (χ4v) is 3.53. The van der Waals surface area contributed by atoms with Crippen molar-refractivity contribution in [2.45, 2.75) is 6.18 Å². The molecule has 3 aromatic carbocycles. The van der Waals surface area contributed by atoms with Crippen molar-refractivity contribution in [3.63, 3.8) is 0 Å². The third-order valence-electron chi connectivity index (χ3n) is 4.60. The highest BCUT2D eigenvalue weighted by molar-refractivity contribution is 7.11. The summed E-state index contributed by atoms with van der Waals surface area (Å²) in [6, 6.07) is 18.5. The molecular weight excluding hydrogens is 435 g/mol. The van der Waals surface area contributed by atoms with Gasteiger partial charge < -0.3 is 5.32 Å². The quantitative estimate of drug-likeness (QED) is 0.338. The molecule has 0 bridgehead atoms. The molecule has 8 heteroatoms. The number of aromatic nitrogens is 1. The highest BCUT2D eigenvalue weighted by Crippen LogP contribution is 2.32. The van der Waals surface area contributed by atoms with Gasteiger partial charge in [0, 0.05) is 22.8 Å². The number of amides is 1. The lowest BCUT2D eigenvalue weighted by Crippen LogP contribution is -2.13. The largest absolute Gasteiger partial charge is 0.416 e. The minimum Gasteiger partial charge on any atom is -0.322 e. The maximum atomic E-state index is 12.9. The van der Waals surface area contributed by atoms with Gasteiger partial charge in [-0.05, 0) is 53.6 Å². The Hall–Kier alpha value is -3.78. The smallest absolute Gasteiger partial charge is 0.322 e. The summed E-state index contributed by atoms with van der Waals surface area (Å²) in [5, 5.41) is 5.48. The Morgan fingerprint density at radius 2 is 1.69 bits per heavy atom. The van der Waals surface area contributed by atoms with E-state index in [9.17, 15) is 18.0 Å². The predicted octanol–water partition coefficient (Wildman–Crippen LogP) is 6.83. The number of benzene rings is 3. The van der Waals surface area contributed by atoms with Crippen molar-refractivity contribution in [1.29, 1.82) is 0 Å². The monoisotopic (exact) mass is 451 g/mol. The Bertz CT molecular complexity index is 1230. The molecule has 1 N–H and O–H groups in total. The first kappa shape index (κ1) is 21.5. The average molecular weight is 451 g/mol. The van der Waals surface area contributed by atoms with Crippen LogP contribution in [0.3, 0.4) is 0 Å². The van der Waals surface area contributed by atoms with E-state index in [2.05, 4.69) is 15.3 Å². The number of alkyl halides is 3. The van der Waals surface area contributed by atoms with E-state index in [1.165, 1.54) is 23.5 Å². The second-order valence-electron chi connectivity index (χ2n) is 6.75. The van der Waals surface area contributed by atoms with E-state index >= 15 is 0 Å². The number of nitrogens with zero attached hydrogens (tertiary/aromatic N) is 2. The number of aliphatic imine (C=N–C) groups is 1. The van der Waals surface area contributed by atoms with Gasteiger partial charge in [0.15, 0.2) is 0 Å². The maximum absolute atomic E-state index is 12.9. The molecule has 1 aromatic heterocycles. The number of carbonyl (C=O) groups excluding carboxylic acids is 1. The molecule has 0 saturated heterocycles. The fraction of sp³-hybridized carbons (Fsp3) is 0.0417. The van der Waals surface area contributed by atoms with Crippen LogP contribution in [-0.2, 0) is 6.18 Å². The Morgan fingerprint density at radius 1 is 0.969 bits per heavy atom. The highest BCUT2D eigenvalue weighted by atomic mass is 32.1. The number of carbonyl (C=O) groups is 1. The summed E-state index contributed by atoms with van der Waals surface area (Å²) < 4.78 is 38.5. The summed E-state index contributed by atoms with van der Waals surface area (Å²) >= 11 is 1.48. The van der Waals surface area contributed by atoms with E-state index in [1.807, 2.05) is 5.38 Å². The van der Waals surface area contributed by atoms with Gasteiger partial charge in [-0.15, -0.1) is 11.3 Å². The van der Waals surface area contributed by atoms with E-state index in [4.69, 9.17) is 0 Å². The minimum absolute atomic E-state index is 0.359. The van der Waals surface area contributed by atoms with E-state index in [1.54, 1.807) is 60.9 Å². The number of thiazole rings is 1. The van der Waals surface area contributed by atoms with Crippen molar-refractivity contribution in [2.75, 3.05) is 5.32 Å². The first-order valence-electron chi connectivity index (χ1n) is 9.52. The van der Waals surface area contributed by atoms with Crippen molar-refractivity contribution in [2.24, 2.45) is 4.99 Å². The SMILES string of the molecule is O=C(Nc1ccc(/N=C/c2nccs2)cc1)c1ccccc1-c1ccc(C(F)(F)F)cc1. The van der Waals surface area contributed by atoms with Crippen LogP contribution in [0.4, 0.5) is 24.5 Å². The molecule has 4 rings (SSSR count). The van der Waals surface area contributed by atoms with Crippen LogP contribution < -0.4 is 5.32 Å². The normalized spacial score (nSPS) is 11.6. The molecule has 0 radical (unpaired) electrons. The van der Waals surface area contributed by atoms with Crippen molar-refractivity contribution in [3.05, 3.63) is 101 Å². The molecule has 0 aliphatic carbocycles. The van der Waals surface area contributed by atoms with Crippen molar-refractivity contribution < 1.29 is 18.0 Å². The van der Waals surface area contributed by atoms with E-state index in [0.29, 0.717) is 28.1 Å². The first-order chi connectivity index (χ1) is 15.4. The third kappa shape index (κ3) is 5.09. The molecule has 0 saturated carbocycles. The molecule has 0 aliphatic rings. The van der Waals surface area contributed by atoms with Crippen LogP contribution in [0.1, 0.15) is 20.9 Å². The van der Waals surface area contributed by atoms with Crippen LogP contribution in [0.5, 0.6) is 0 Å². The van der Waals surface area contributed by atoms with Gasteiger partial charge in [0.05, 0.1) is 17.5 Å². The molecule has 0 aliphatic heterocycles. The molecule has 4 nitrogen and oxygen atoms in total. The predicted molar refractivity (Wildman–Crippen MR) is 121 cm³/mol. The van der Waals surface area contributed by atoms with Gasteiger partial charge in [-0.1, -0.05) is 30.3 Å². The summed E-state index contributed by atoms with van der Waals surface area (Å²) in [4.78, 5) is 21.3. The van der Waals surface area contributed by atoms with Gasteiger partial charge in [0.25, 0.3) is 5.91 Å². The van der Waals surface area contributed by atoms with Gasteiger partial charge in [-0.2, -0.15) is 13.2 Å². The molecule has 32 heavy (non-hydrogen) atoms. The number of rotatable bonds is 5. The molecule has 1 amide bonds. The molecule has 0 fully saturated rings. The minimum atomic E-state index is -4.41. The number of hydrogen-bond acceptors (Lipinski definition) is 4. The zero-order valence-corrected chi connectivity index (χ0v) is 17.3. The van der Waals surface area contributed by atoms with Gasteiger partial charge in [0.2, 0.25) is 0 Å². The Kier molecular flexibility index (Phi) is 6.13. The van der Waals surface area contributed by atoms with E-state index in [-0.39, 0.29) is 5.91 Å². The Labute approximate surface area is 186 Å². The van der Waals surface area contributed by atoms with E-state index in [0.717, 1.165) is 17.1 Å². The maximum Gasteiger partial charge on any atom is 0.416 e. The second-order valence-corrected chi connectivity index (χ2v) is 7.68. The number of hydrogen-bond donors (Lipinski definition) is 1. The number of halogens is 3. The fourth-order valence-electron chi connectivity index (χ4n) is 3.03. The summed E-state index contributed by atoms with van der Waals surface area (Å²) in [7, 11) is 0. The number of anilines is 1. The van der Waals surface area contributed by atoms with Crippen LogP contribution >= 0.6 is 11.3 Å². The summed E-state index contributed by atoms with van der Waals surface area (Å²) in [5.74, 6) is -0.362. The molecule has 0 spiro atoms. The van der Waals surface area contributed by atoms with Crippen LogP contribution in [0.2, 0.25) is 0 Å². The van der Waals surface area contributed by atoms with Gasteiger partial charge in [0.1, 0.15) is 5.01 Å². The first-order valence-corrected chi connectivity index (χ1v) is 10.4. The zero-order chi connectivity index (χ0) is 22.6. The molecule has 0 atom stereocenters. The van der Waals surface area contributed by atoms with Crippen LogP contribution in [0.15, 0.2) is 89.4 Å². The average Bonchev–Trinajstić information content (AvgIpc) is 3.32. The van der Waals surface area contributed by atoms with Crippen LogP contribution in [0, 0.1) is 0 Å². The van der Waals surface area contributed by atoms with Gasteiger partial charge in [-0.3, -0.25) is 9.79 Å². The standard InChI is InChI=1S/C24H16F3N3OS/c25-24(26,27)17-7-5-16(6-8-17)20-3-1-2-4-21(20)23(31)30-19-11-9-18(10-12-19)29-15-22-28-13-14-32-22/h1-15H,(H,30,31)/b29-15+. The van der Waals surface area contributed by atoms with Crippen molar-refractivity contribution in [1.82, 2.24) is 4.98 Å². The molecule has 160 valence electrons. The number of nitrogens with one attached hydrogen (secondary N) is 1. The van der Waals surface area contributed by atoms with Crippen molar-refractivity contribution in [3.8, 4) is 11.1 Å².